The molecule has 0 saturated heterocycles. The molecule has 0 aromatic heterocycles. The number of rotatable bonds is 2. The van der Waals surface area contributed by atoms with Gasteiger partial charge in [-0.3, -0.25) is 0 Å². The summed E-state index contributed by atoms with van der Waals surface area (Å²) in [5.74, 6) is 3.15. The molecular weight excluding hydrogens is 168 g/mol. The standard InChI is InChI=1S/C14H22/c1-3-4-10-7-8-14(2)12-6-5-11(9-12)13(10)14/h7,11-13H,3-6,8-9H2,1-2H3/t11?,12?,13-,14+/m1/s1. The zero-order valence-electron chi connectivity index (χ0n) is 9.55. The summed E-state index contributed by atoms with van der Waals surface area (Å²) in [5, 5.41) is 0. The Hall–Kier alpha value is -0.260. The summed E-state index contributed by atoms with van der Waals surface area (Å²) < 4.78 is 0. The fourth-order valence-electron chi connectivity index (χ4n) is 4.75. The van der Waals surface area contributed by atoms with Crippen LogP contribution in [0.3, 0.4) is 0 Å². The second kappa shape index (κ2) is 2.87. The van der Waals surface area contributed by atoms with Crippen molar-refractivity contribution in [3.05, 3.63) is 11.6 Å². The second-order valence-corrected chi connectivity index (χ2v) is 5.99. The van der Waals surface area contributed by atoms with Crippen LogP contribution in [0.5, 0.6) is 0 Å². The Morgan fingerprint density at radius 2 is 2.29 bits per heavy atom. The highest BCUT2D eigenvalue weighted by Gasteiger charge is 2.57. The monoisotopic (exact) mass is 190 g/mol. The Morgan fingerprint density at radius 1 is 1.43 bits per heavy atom. The van der Waals surface area contributed by atoms with Crippen LogP contribution in [0.2, 0.25) is 0 Å². The van der Waals surface area contributed by atoms with Crippen LogP contribution < -0.4 is 0 Å². The van der Waals surface area contributed by atoms with Crippen molar-refractivity contribution >= 4 is 0 Å². The Labute approximate surface area is 87.8 Å². The first-order valence-electron chi connectivity index (χ1n) is 6.44. The van der Waals surface area contributed by atoms with E-state index >= 15 is 0 Å². The first-order chi connectivity index (χ1) is 6.75. The first-order valence-corrected chi connectivity index (χ1v) is 6.44. The number of fused-ring (bicyclic) bond motifs is 5. The predicted octanol–water partition coefficient (Wildman–Crippen LogP) is 4.17. The summed E-state index contributed by atoms with van der Waals surface area (Å²) in [7, 11) is 0. The van der Waals surface area contributed by atoms with Gasteiger partial charge >= 0.3 is 0 Å². The molecule has 0 nitrogen and oxygen atoms in total. The van der Waals surface area contributed by atoms with Crippen LogP contribution in [0, 0.1) is 23.2 Å². The highest BCUT2D eigenvalue weighted by Crippen LogP contribution is 2.66. The third kappa shape index (κ3) is 0.951. The van der Waals surface area contributed by atoms with Crippen molar-refractivity contribution in [2.45, 2.75) is 52.4 Å². The quantitative estimate of drug-likeness (QED) is 0.573. The highest BCUT2D eigenvalue weighted by molar-refractivity contribution is 5.26. The van der Waals surface area contributed by atoms with Gasteiger partial charge in [0.15, 0.2) is 0 Å². The van der Waals surface area contributed by atoms with Gasteiger partial charge < -0.3 is 0 Å². The average molecular weight is 190 g/mol. The van der Waals surface area contributed by atoms with E-state index in [2.05, 4.69) is 19.9 Å². The summed E-state index contributed by atoms with van der Waals surface area (Å²) >= 11 is 0. The molecule has 2 fully saturated rings. The molecule has 0 N–H and O–H groups in total. The summed E-state index contributed by atoms with van der Waals surface area (Å²) in [6, 6.07) is 0. The maximum atomic E-state index is 2.60. The Balaban J connectivity index is 1.89. The molecule has 78 valence electrons. The maximum Gasteiger partial charge on any atom is -0.0115 e. The van der Waals surface area contributed by atoms with Crippen LogP contribution in [0.25, 0.3) is 0 Å². The molecular formula is C14H22. The molecule has 0 heterocycles. The highest BCUT2D eigenvalue weighted by atomic mass is 14.6. The molecule has 0 radical (unpaired) electrons. The maximum absolute atomic E-state index is 2.60. The van der Waals surface area contributed by atoms with Gasteiger partial charge in [0.25, 0.3) is 0 Å². The molecule has 0 heteroatoms. The minimum atomic E-state index is 0.702. The van der Waals surface area contributed by atoms with Gasteiger partial charge in [0.05, 0.1) is 0 Å². The molecule has 4 atom stereocenters. The number of hydrogen-bond donors (Lipinski definition) is 0. The van der Waals surface area contributed by atoms with Gasteiger partial charge in [-0.2, -0.15) is 0 Å². The smallest absolute Gasteiger partial charge is 0.0115 e. The normalized spacial score (nSPS) is 49.6. The minimum Gasteiger partial charge on any atom is -0.0844 e. The van der Waals surface area contributed by atoms with E-state index in [4.69, 9.17) is 0 Å². The van der Waals surface area contributed by atoms with Crippen molar-refractivity contribution in [3.8, 4) is 0 Å². The van der Waals surface area contributed by atoms with Crippen molar-refractivity contribution in [2.75, 3.05) is 0 Å². The third-order valence-corrected chi connectivity index (χ3v) is 5.33. The van der Waals surface area contributed by atoms with E-state index in [-0.39, 0.29) is 0 Å². The Morgan fingerprint density at radius 3 is 3.07 bits per heavy atom. The molecule has 14 heavy (non-hydrogen) atoms. The fourth-order valence-corrected chi connectivity index (χ4v) is 4.75. The molecule has 0 aromatic rings. The lowest BCUT2D eigenvalue weighted by Crippen LogP contribution is -2.30. The van der Waals surface area contributed by atoms with Gasteiger partial charge in [-0.15, -0.1) is 0 Å². The molecule has 3 aliphatic carbocycles. The van der Waals surface area contributed by atoms with Crippen LogP contribution in [0.4, 0.5) is 0 Å². The minimum absolute atomic E-state index is 0.702. The number of hydrogen-bond acceptors (Lipinski definition) is 0. The van der Waals surface area contributed by atoms with Crippen molar-refractivity contribution in [1.29, 1.82) is 0 Å². The van der Waals surface area contributed by atoms with E-state index in [9.17, 15) is 0 Å². The van der Waals surface area contributed by atoms with E-state index < -0.39 is 0 Å². The molecule has 3 rings (SSSR count). The van der Waals surface area contributed by atoms with Crippen molar-refractivity contribution in [3.63, 3.8) is 0 Å². The van der Waals surface area contributed by atoms with Gasteiger partial charge in [0.1, 0.15) is 0 Å². The van der Waals surface area contributed by atoms with Crippen LogP contribution in [0.15, 0.2) is 11.6 Å². The summed E-state index contributed by atoms with van der Waals surface area (Å²) in [6.07, 6.45) is 11.3. The van der Waals surface area contributed by atoms with Crippen molar-refractivity contribution in [1.82, 2.24) is 0 Å². The summed E-state index contributed by atoms with van der Waals surface area (Å²) in [6.45, 7) is 4.89. The van der Waals surface area contributed by atoms with Crippen LogP contribution in [-0.2, 0) is 0 Å². The second-order valence-electron chi connectivity index (χ2n) is 5.99. The van der Waals surface area contributed by atoms with Crippen LogP contribution in [-0.4, -0.2) is 0 Å². The van der Waals surface area contributed by atoms with E-state index in [0.29, 0.717) is 5.41 Å². The summed E-state index contributed by atoms with van der Waals surface area (Å²) in [5.41, 5.74) is 2.54. The van der Waals surface area contributed by atoms with Crippen molar-refractivity contribution < 1.29 is 0 Å². The number of allylic oxidation sites excluding steroid dienone is 2. The van der Waals surface area contributed by atoms with Gasteiger partial charge in [-0.1, -0.05) is 31.9 Å². The molecule has 0 spiro atoms. The van der Waals surface area contributed by atoms with Gasteiger partial charge in [-0.25, -0.2) is 0 Å². The topological polar surface area (TPSA) is 0 Å². The molecule has 0 aliphatic heterocycles. The molecule has 3 aliphatic rings. The zero-order chi connectivity index (χ0) is 9.76. The largest absolute Gasteiger partial charge is 0.0844 e. The van der Waals surface area contributed by atoms with Gasteiger partial charge in [-0.05, 0) is 55.3 Å². The predicted molar refractivity (Wildman–Crippen MR) is 60.0 cm³/mol. The van der Waals surface area contributed by atoms with Gasteiger partial charge in [0.2, 0.25) is 0 Å². The van der Waals surface area contributed by atoms with Gasteiger partial charge in [0, 0.05) is 0 Å². The molecule has 2 unspecified atom stereocenters. The van der Waals surface area contributed by atoms with E-state index in [1.54, 1.807) is 6.42 Å². The van der Waals surface area contributed by atoms with Crippen molar-refractivity contribution in [2.24, 2.45) is 23.2 Å². The Bertz CT molecular complexity index is 276. The first kappa shape index (κ1) is 9.00. The SMILES string of the molecule is CCCC1=CC[C@@]2(C)C3CCC(C3)[C@@H]12. The molecule has 2 saturated carbocycles. The molecule has 0 amide bonds. The average Bonchev–Trinajstić information content (AvgIpc) is 2.77. The molecule has 0 aromatic carbocycles. The summed E-state index contributed by atoms with van der Waals surface area (Å²) in [4.78, 5) is 0. The van der Waals surface area contributed by atoms with Crippen LogP contribution >= 0.6 is 0 Å². The lowest BCUT2D eigenvalue weighted by molar-refractivity contribution is 0.144. The lowest BCUT2D eigenvalue weighted by Gasteiger charge is -2.37. The zero-order valence-corrected chi connectivity index (χ0v) is 9.55. The Kier molecular flexibility index (Phi) is 1.84. The van der Waals surface area contributed by atoms with E-state index in [1.807, 2.05) is 5.57 Å². The van der Waals surface area contributed by atoms with E-state index in [0.717, 1.165) is 17.8 Å². The molecule has 2 bridgehead atoms. The lowest BCUT2D eigenvalue weighted by atomic mass is 9.67. The third-order valence-electron chi connectivity index (χ3n) is 5.33. The van der Waals surface area contributed by atoms with Crippen LogP contribution in [0.1, 0.15) is 52.4 Å². The van der Waals surface area contributed by atoms with E-state index in [1.165, 1.54) is 32.1 Å². The fraction of sp³-hybridized carbons (Fsp3) is 0.857.